The molecule has 0 aromatic heterocycles. The Morgan fingerprint density at radius 1 is 1.42 bits per heavy atom. The van der Waals surface area contributed by atoms with Crippen LogP contribution in [0.1, 0.15) is 37.8 Å². The van der Waals surface area contributed by atoms with Gasteiger partial charge in [-0.3, -0.25) is 4.79 Å². The molecule has 0 heterocycles. The number of carbonyl (C=O) groups is 1. The third-order valence-corrected chi connectivity index (χ3v) is 2.93. The lowest BCUT2D eigenvalue weighted by atomic mass is 10.0. The minimum absolute atomic E-state index is 0.0534. The molecule has 0 saturated carbocycles. The summed E-state index contributed by atoms with van der Waals surface area (Å²) in [5.74, 6) is 6.26. The normalized spacial score (nSPS) is 11.4. The summed E-state index contributed by atoms with van der Waals surface area (Å²) in [5, 5.41) is 2.93. The van der Waals surface area contributed by atoms with Gasteiger partial charge in [-0.25, -0.2) is 0 Å². The molecule has 1 amide bonds. The van der Waals surface area contributed by atoms with Gasteiger partial charge in [0, 0.05) is 17.7 Å². The maximum atomic E-state index is 11.9. The Bertz CT molecular complexity index is 497. The van der Waals surface area contributed by atoms with Crippen LogP contribution in [0.15, 0.2) is 18.2 Å². The standard InChI is InChI=1S/C16H22N2O/c1-4-12(2)10-16(19)18-15-9-13(3)8-14(11-15)6-5-7-17/h8-9,11-12H,4,7,10,17H2,1-3H3,(H,18,19). The van der Waals surface area contributed by atoms with E-state index in [0.29, 0.717) is 18.9 Å². The van der Waals surface area contributed by atoms with Gasteiger partial charge in [0.25, 0.3) is 0 Å². The summed E-state index contributed by atoms with van der Waals surface area (Å²) in [5.41, 5.74) is 8.11. The van der Waals surface area contributed by atoms with Gasteiger partial charge in [-0.1, -0.05) is 32.1 Å². The number of amides is 1. The predicted molar refractivity (Wildman–Crippen MR) is 79.8 cm³/mol. The van der Waals surface area contributed by atoms with Crippen LogP contribution in [0.5, 0.6) is 0 Å². The molecular weight excluding hydrogens is 236 g/mol. The van der Waals surface area contributed by atoms with E-state index in [0.717, 1.165) is 23.2 Å². The van der Waals surface area contributed by atoms with E-state index < -0.39 is 0 Å². The van der Waals surface area contributed by atoms with Crippen molar-refractivity contribution >= 4 is 11.6 Å². The molecule has 3 nitrogen and oxygen atoms in total. The monoisotopic (exact) mass is 258 g/mol. The molecule has 1 unspecified atom stereocenters. The third-order valence-electron chi connectivity index (χ3n) is 2.93. The topological polar surface area (TPSA) is 55.1 Å². The SMILES string of the molecule is CCC(C)CC(=O)Nc1cc(C)cc(C#CCN)c1. The fraction of sp³-hybridized carbons (Fsp3) is 0.438. The first-order valence-electron chi connectivity index (χ1n) is 6.65. The number of hydrogen-bond acceptors (Lipinski definition) is 2. The highest BCUT2D eigenvalue weighted by molar-refractivity contribution is 5.91. The van der Waals surface area contributed by atoms with E-state index in [1.54, 1.807) is 0 Å². The fourth-order valence-corrected chi connectivity index (χ4v) is 1.75. The Balaban J connectivity index is 2.78. The molecule has 3 heteroatoms. The van der Waals surface area contributed by atoms with Crippen molar-refractivity contribution in [3.63, 3.8) is 0 Å². The minimum Gasteiger partial charge on any atom is -0.326 e. The number of aryl methyl sites for hydroxylation is 1. The lowest BCUT2D eigenvalue weighted by molar-refractivity contribution is -0.117. The second kappa shape index (κ2) is 7.60. The van der Waals surface area contributed by atoms with E-state index in [-0.39, 0.29) is 5.91 Å². The van der Waals surface area contributed by atoms with Gasteiger partial charge >= 0.3 is 0 Å². The predicted octanol–water partition coefficient (Wildman–Crippen LogP) is 2.68. The molecule has 3 N–H and O–H groups in total. The van der Waals surface area contributed by atoms with Crippen LogP contribution >= 0.6 is 0 Å². The van der Waals surface area contributed by atoms with Gasteiger partial charge in [0.05, 0.1) is 6.54 Å². The number of nitrogens with two attached hydrogens (primary N) is 1. The highest BCUT2D eigenvalue weighted by Gasteiger charge is 2.08. The molecular formula is C16H22N2O. The van der Waals surface area contributed by atoms with Gasteiger partial charge in [0.15, 0.2) is 0 Å². The van der Waals surface area contributed by atoms with Crippen molar-refractivity contribution in [1.29, 1.82) is 0 Å². The fourth-order valence-electron chi connectivity index (χ4n) is 1.75. The highest BCUT2D eigenvalue weighted by Crippen LogP contribution is 2.15. The first-order chi connectivity index (χ1) is 9.05. The van der Waals surface area contributed by atoms with Crippen LogP contribution in [0.4, 0.5) is 5.69 Å². The lowest BCUT2D eigenvalue weighted by Gasteiger charge is -2.10. The molecule has 0 saturated heterocycles. The van der Waals surface area contributed by atoms with Crippen LogP contribution < -0.4 is 11.1 Å². The van der Waals surface area contributed by atoms with E-state index in [4.69, 9.17) is 5.73 Å². The Labute approximate surface area is 115 Å². The zero-order chi connectivity index (χ0) is 14.3. The Morgan fingerprint density at radius 2 is 2.16 bits per heavy atom. The van der Waals surface area contributed by atoms with Gasteiger partial charge in [-0.15, -0.1) is 0 Å². The van der Waals surface area contributed by atoms with Crippen LogP contribution in [0.2, 0.25) is 0 Å². The van der Waals surface area contributed by atoms with Crippen molar-refractivity contribution in [3.05, 3.63) is 29.3 Å². The van der Waals surface area contributed by atoms with E-state index in [9.17, 15) is 4.79 Å². The molecule has 0 radical (unpaired) electrons. The van der Waals surface area contributed by atoms with Crippen molar-refractivity contribution in [2.45, 2.75) is 33.6 Å². The average molecular weight is 258 g/mol. The molecule has 1 atom stereocenters. The van der Waals surface area contributed by atoms with E-state index in [2.05, 4.69) is 31.0 Å². The average Bonchev–Trinajstić information content (AvgIpc) is 2.35. The molecule has 0 aliphatic rings. The summed E-state index contributed by atoms with van der Waals surface area (Å²) in [6.07, 6.45) is 1.56. The molecule has 0 aliphatic carbocycles. The Hall–Kier alpha value is -1.79. The Kier molecular flexibility index (Phi) is 6.11. The lowest BCUT2D eigenvalue weighted by Crippen LogP contribution is -2.14. The molecule has 0 fully saturated rings. The summed E-state index contributed by atoms with van der Waals surface area (Å²) in [4.78, 5) is 11.9. The van der Waals surface area contributed by atoms with E-state index in [1.807, 2.05) is 25.1 Å². The van der Waals surface area contributed by atoms with E-state index >= 15 is 0 Å². The molecule has 1 aromatic carbocycles. The minimum atomic E-state index is 0.0534. The maximum absolute atomic E-state index is 11.9. The second-order valence-electron chi connectivity index (χ2n) is 4.86. The number of carbonyl (C=O) groups excluding carboxylic acids is 1. The second-order valence-corrected chi connectivity index (χ2v) is 4.86. The summed E-state index contributed by atoms with van der Waals surface area (Å²) in [7, 11) is 0. The van der Waals surface area contributed by atoms with Crippen molar-refractivity contribution in [2.24, 2.45) is 11.7 Å². The smallest absolute Gasteiger partial charge is 0.224 e. The zero-order valence-electron chi connectivity index (χ0n) is 11.9. The van der Waals surface area contributed by atoms with Gasteiger partial charge < -0.3 is 11.1 Å². The Morgan fingerprint density at radius 3 is 2.79 bits per heavy atom. The van der Waals surface area contributed by atoms with E-state index in [1.165, 1.54) is 0 Å². The van der Waals surface area contributed by atoms with Crippen LogP contribution in [0.3, 0.4) is 0 Å². The first-order valence-corrected chi connectivity index (χ1v) is 6.65. The summed E-state index contributed by atoms with van der Waals surface area (Å²) < 4.78 is 0. The number of nitrogens with one attached hydrogen (secondary N) is 1. The number of hydrogen-bond donors (Lipinski definition) is 2. The van der Waals surface area contributed by atoms with Gasteiger partial charge in [0.2, 0.25) is 5.91 Å². The zero-order valence-corrected chi connectivity index (χ0v) is 11.9. The molecule has 0 aliphatic heterocycles. The van der Waals surface area contributed by atoms with Crippen LogP contribution in [-0.4, -0.2) is 12.5 Å². The molecule has 19 heavy (non-hydrogen) atoms. The van der Waals surface area contributed by atoms with Gasteiger partial charge in [0.1, 0.15) is 0 Å². The maximum Gasteiger partial charge on any atom is 0.224 e. The van der Waals surface area contributed by atoms with Crippen molar-refractivity contribution in [2.75, 3.05) is 11.9 Å². The van der Waals surface area contributed by atoms with Crippen LogP contribution in [0, 0.1) is 24.7 Å². The quantitative estimate of drug-likeness (QED) is 0.816. The first kappa shape index (κ1) is 15.3. The molecule has 102 valence electrons. The molecule has 0 bridgehead atoms. The van der Waals surface area contributed by atoms with Gasteiger partial charge in [-0.2, -0.15) is 0 Å². The van der Waals surface area contributed by atoms with Crippen molar-refractivity contribution in [3.8, 4) is 11.8 Å². The van der Waals surface area contributed by atoms with Crippen LogP contribution in [-0.2, 0) is 4.79 Å². The molecule has 1 rings (SSSR count). The molecule has 1 aromatic rings. The van der Waals surface area contributed by atoms with Crippen molar-refractivity contribution in [1.82, 2.24) is 0 Å². The summed E-state index contributed by atoms with van der Waals surface area (Å²) in [6.45, 7) is 6.49. The third kappa shape index (κ3) is 5.58. The molecule has 0 spiro atoms. The largest absolute Gasteiger partial charge is 0.326 e. The summed E-state index contributed by atoms with van der Waals surface area (Å²) >= 11 is 0. The number of benzene rings is 1. The summed E-state index contributed by atoms with van der Waals surface area (Å²) in [6, 6.07) is 5.80. The highest BCUT2D eigenvalue weighted by atomic mass is 16.1. The van der Waals surface area contributed by atoms with Crippen molar-refractivity contribution < 1.29 is 4.79 Å². The van der Waals surface area contributed by atoms with Crippen LogP contribution in [0.25, 0.3) is 0 Å². The number of anilines is 1. The number of rotatable bonds is 4. The van der Waals surface area contributed by atoms with Gasteiger partial charge in [-0.05, 0) is 36.6 Å².